The fourth-order valence-corrected chi connectivity index (χ4v) is 3.15. The Kier molecular flexibility index (Phi) is 7.61. The largest absolute Gasteiger partial charge is 0.356 e. The van der Waals surface area contributed by atoms with Crippen molar-refractivity contribution in [1.29, 1.82) is 0 Å². The minimum atomic E-state index is -0.0597. The van der Waals surface area contributed by atoms with Crippen LogP contribution in [-0.4, -0.2) is 47.2 Å². The van der Waals surface area contributed by atoms with Gasteiger partial charge in [-0.2, -0.15) is 5.10 Å². The molecule has 0 aliphatic rings. The second kappa shape index (κ2) is 9.92. The molecule has 0 aliphatic carbocycles. The second-order valence-corrected chi connectivity index (χ2v) is 7.33. The molecule has 1 aromatic carbocycles. The van der Waals surface area contributed by atoms with Crippen LogP contribution in [0.1, 0.15) is 43.5 Å². The van der Waals surface area contributed by atoms with Gasteiger partial charge in [-0.1, -0.05) is 26.0 Å². The van der Waals surface area contributed by atoms with Crippen LogP contribution in [0.2, 0.25) is 0 Å². The van der Waals surface area contributed by atoms with Crippen molar-refractivity contribution in [3.05, 3.63) is 47.3 Å². The first-order chi connectivity index (χ1) is 13.3. The summed E-state index contributed by atoms with van der Waals surface area (Å²) in [5.41, 5.74) is 4.37. The number of amides is 1. The number of guanidine groups is 1. The topological polar surface area (TPSA) is 74.6 Å². The van der Waals surface area contributed by atoms with Crippen molar-refractivity contribution in [2.75, 3.05) is 26.0 Å². The highest BCUT2D eigenvalue weighted by atomic mass is 16.1. The molecule has 0 fully saturated rings. The summed E-state index contributed by atoms with van der Waals surface area (Å²) in [4.78, 5) is 17.6. The van der Waals surface area contributed by atoms with Gasteiger partial charge in [-0.05, 0) is 30.0 Å². The van der Waals surface area contributed by atoms with Crippen LogP contribution in [0.25, 0.3) is 0 Å². The van der Waals surface area contributed by atoms with E-state index in [2.05, 4.69) is 45.7 Å². The third-order valence-corrected chi connectivity index (χ3v) is 4.44. The first kappa shape index (κ1) is 21.5. The monoisotopic (exact) mass is 384 g/mol. The Balaban J connectivity index is 1.89. The molecule has 0 bridgehead atoms. The molecule has 2 N–H and O–H groups in total. The number of aromatic nitrogens is 2. The molecule has 1 heterocycles. The standard InChI is InChI=1S/C21H32N6O/c1-15(2)20-18(14-27(6)25-20)13-26(5)21(22-4)23-12-11-17-7-9-19(10-8-17)24-16(3)28/h7-10,14-15H,11-13H2,1-6H3,(H,22,23)(H,24,28). The number of aliphatic imine (C=N–C) groups is 1. The first-order valence-corrected chi connectivity index (χ1v) is 9.61. The molecule has 0 radical (unpaired) electrons. The van der Waals surface area contributed by atoms with E-state index in [-0.39, 0.29) is 5.91 Å². The quantitative estimate of drug-likeness (QED) is 0.569. The van der Waals surface area contributed by atoms with Gasteiger partial charge in [0.05, 0.1) is 5.69 Å². The van der Waals surface area contributed by atoms with E-state index in [9.17, 15) is 4.79 Å². The predicted octanol–water partition coefficient (Wildman–Crippen LogP) is 2.75. The van der Waals surface area contributed by atoms with E-state index >= 15 is 0 Å². The molecule has 7 nitrogen and oxygen atoms in total. The van der Waals surface area contributed by atoms with Crippen LogP contribution in [-0.2, 0) is 24.8 Å². The van der Waals surface area contributed by atoms with Crippen LogP contribution in [0.3, 0.4) is 0 Å². The Morgan fingerprint density at radius 1 is 1.29 bits per heavy atom. The van der Waals surface area contributed by atoms with Crippen molar-refractivity contribution >= 4 is 17.6 Å². The van der Waals surface area contributed by atoms with Crippen molar-refractivity contribution in [3.8, 4) is 0 Å². The van der Waals surface area contributed by atoms with E-state index < -0.39 is 0 Å². The molecule has 7 heteroatoms. The van der Waals surface area contributed by atoms with Gasteiger partial charge in [0.25, 0.3) is 0 Å². The maximum Gasteiger partial charge on any atom is 0.221 e. The molecule has 0 spiro atoms. The Morgan fingerprint density at radius 2 is 1.96 bits per heavy atom. The fraction of sp³-hybridized carbons (Fsp3) is 0.476. The van der Waals surface area contributed by atoms with E-state index in [0.717, 1.165) is 36.9 Å². The Bertz CT molecular complexity index is 807. The maximum absolute atomic E-state index is 11.1. The van der Waals surface area contributed by atoms with Gasteiger partial charge >= 0.3 is 0 Å². The van der Waals surface area contributed by atoms with E-state index in [0.29, 0.717) is 5.92 Å². The zero-order chi connectivity index (χ0) is 20.7. The van der Waals surface area contributed by atoms with Gasteiger partial charge in [-0.15, -0.1) is 0 Å². The normalized spacial score (nSPS) is 11.6. The summed E-state index contributed by atoms with van der Waals surface area (Å²) in [6.45, 7) is 7.37. The highest BCUT2D eigenvalue weighted by molar-refractivity contribution is 5.88. The summed E-state index contributed by atoms with van der Waals surface area (Å²) in [5.74, 6) is 1.18. The molecule has 0 saturated carbocycles. The third-order valence-electron chi connectivity index (χ3n) is 4.44. The van der Waals surface area contributed by atoms with Crippen LogP contribution in [0, 0.1) is 0 Å². The lowest BCUT2D eigenvalue weighted by atomic mass is 10.1. The lowest BCUT2D eigenvalue weighted by molar-refractivity contribution is -0.114. The number of hydrogen-bond acceptors (Lipinski definition) is 3. The average Bonchev–Trinajstić information content (AvgIpc) is 3.00. The summed E-state index contributed by atoms with van der Waals surface area (Å²) in [6, 6.07) is 7.91. The Morgan fingerprint density at radius 3 is 2.54 bits per heavy atom. The molecular weight excluding hydrogens is 352 g/mol. The van der Waals surface area contributed by atoms with Crippen LogP contribution >= 0.6 is 0 Å². The number of carbonyl (C=O) groups is 1. The molecule has 2 aromatic rings. The van der Waals surface area contributed by atoms with Crippen LogP contribution < -0.4 is 10.6 Å². The predicted molar refractivity (Wildman–Crippen MR) is 115 cm³/mol. The molecule has 0 aliphatic heterocycles. The number of anilines is 1. The van der Waals surface area contributed by atoms with E-state index in [1.54, 1.807) is 7.05 Å². The van der Waals surface area contributed by atoms with Gasteiger partial charge in [-0.3, -0.25) is 14.5 Å². The van der Waals surface area contributed by atoms with E-state index in [1.165, 1.54) is 18.1 Å². The lowest BCUT2D eigenvalue weighted by Gasteiger charge is -2.22. The molecule has 0 saturated heterocycles. The second-order valence-electron chi connectivity index (χ2n) is 7.33. The summed E-state index contributed by atoms with van der Waals surface area (Å²) < 4.78 is 1.87. The van der Waals surface area contributed by atoms with E-state index in [1.807, 2.05) is 43.0 Å². The molecule has 152 valence electrons. The van der Waals surface area contributed by atoms with Crippen LogP contribution in [0.15, 0.2) is 35.5 Å². The summed E-state index contributed by atoms with van der Waals surface area (Å²) in [7, 11) is 5.79. The fourth-order valence-electron chi connectivity index (χ4n) is 3.15. The van der Waals surface area contributed by atoms with E-state index in [4.69, 9.17) is 0 Å². The van der Waals surface area contributed by atoms with Crippen molar-refractivity contribution in [2.45, 2.75) is 39.7 Å². The summed E-state index contributed by atoms with van der Waals surface area (Å²) in [5, 5.41) is 10.8. The van der Waals surface area contributed by atoms with Crippen molar-refractivity contribution < 1.29 is 4.79 Å². The Hall–Kier alpha value is -2.83. The van der Waals surface area contributed by atoms with Crippen molar-refractivity contribution in [2.24, 2.45) is 12.0 Å². The lowest BCUT2D eigenvalue weighted by Crippen LogP contribution is -2.39. The first-order valence-electron chi connectivity index (χ1n) is 9.61. The highest BCUT2D eigenvalue weighted by Crippen LogP contribution is 2.18. The number of rotatable bonds is 7. The van der Waals surface area contributed by atoms with Crippen LogP contribution in [0.4, 0.5) is 5.69 Å². The number of nitrogens with zero attached hydrogens (tertiary/aromatic N) is 4. The Labute approximate surface area is 167 Å². The molecule has 1 amide bonds. The van der Waals surface area contributed by atoms with Crippen molar-refractivity contribution in [1.82, 2.24) is 20.0 Å². The smallest absolute Gasteiger partial charge is 0.221 e. The summed E-state index contributed by atoms with van der Waals surface area (Å²) >= 11 is 0. The maximum atomic E-state index is 11.1. The van der Waals surface area contributed by atoms with Gasteiger partial charge in [0.2, 0.25) is 5.91 Å². The minimum absolute atomic E-state index is 0.0597. The zero-order valence-electron chi connectivity index (χ0n) is 17.8. The molecule has 0 atom stereocenters. The van der Waals surface area contributed by atoms with Crippen molar-refractivity contribution in [3.63, 3.8) is 0 Å². The highest BCUT2D eigenvalue weighted by Gasteiger charge is 2.15. The average molecular weight is 385 g/mol. The zero-order valence-corrected chi connectivity index (χ0v) is 17.8. The number of aryl methyl sites for hydroxylation is 1. The molecule has 2 rings (SSSR count). The number of nitrogens with one attached hydrogen (secondary N) is 2. The molecule has 0 unspecified atom stereocenters. The molecular formula is C21H32N6O. The SMILES string of the molecule is CN=C(NCCc1ccc(NC(C)=O)cc1)N(C)Cc1cn(C)nc1C(C)C. The van der Waals surface area contributed by atoms with Gasteiger partial charge in [0.15, 0.2) is 5.96 Å². The minimum Gasteiger partial charge on any atom is -0.356 e. The number of hydrogen-bond donors (Lipinski definition) is 2. The van der Waals surface area contributed by atoms with Gasteiger partial charge in [0, 0.05) is 58.6 Å². The third kappa shape index (κ3) is 6.11. The molecule has 1 aromatic heterocycles. The number of benzene rings is 1. The van der Waals surface area contributed by atoms with Crippen LogP contribution in [0.5, 0.6) is 0 Å². The summed E-state index contributed by atoms with van der Waals surface area (Å²) in [6.07, 6.45) is 2.95. The van der Waals surface area contributed by atoms with Gasteiger partial charge in [0.1, 0.15) is 0 Å². The van der Waals surface area contributed by atoms with Gasteiger partial charge < -0.3 is 15.5 Å². The van der Waals surface area contributed by atoms with Gasteiger partial charge in [-0.25, -0.2) is 0 Å². The molecule has 28 heavy (non-hydrogen) atoms. The number of carbonyl (C=O) groups excluding carboxylic acids is 1.